The van der Waals surface area contributed by atoms with E-state index in [4.69, 9.17) is 4.42 Å². The number of carbonyl (C=O) groups excluding carboxylic acids is 2. The number of benzene rings is 1. The molecular formula is C20H22BrN3O3. The molecule has 27 heavy (non-hydrogen) atoms. The SMILES string of the molecule is Cc1ccc(C(=O)N2CCN(C(=O)NC3CCc4cc(Br)ccc43)CC2)o1. The number of urea groups is 1. The van der Waals surface area contributed by atoms with Crippen molar-refractivity contribution in [2.24, 2.45) is 0 Å². The maximum Gasteiger partial charge on any atom is 0.318 e. The van der Waals surface area contributed by atoms with E-state index in [-0.39, 0.29) is 18.0 Å². The molecule has 3 amide bonds. The second-order valence-electron chi connectivity index (χ2n) is 7.07. The lowest BCUT2D eigenvalue weighted by Crippen LogP contribution is -2.53. The molecule has 6 nitrogen and oxygen atoms in total. The molecule has 1 aliphatic heterocycles. The molecule has 2 heterocycles. The first-order valence-electron chi connectivity index (χ1n) is 9.21. The van der Waals surface area contributed by atoms with Crippen LogP contribution < -0.4 is 5.32 Å². The van der Waals surface area contributed by atoms with Crippen molar-refractivity contribution in [1.82, 2.24) is 15.1 Å². The molecule has 0 bridgehead atoms. The van der Waals surface area contributed by atoms with E-state index in [0.29, 0.717) is 31.9 Å². The molecule has 2 aliphatic rings. The van der Waals surface area contributed by atoms with Crippen LogP contribution in [0.5, 0.6) is 0 Å². The number of nitrogens with one attached hydrogen (secondary N) is 1. The van der Waals surface area contributed by atoms with Gasteiger partial charge in [0, 0.05) is 30.7 Å². The molecule has 1 saturated heterocycles. The number of halogens is 1. The second kappa shape index (κ2) is 7.38. The van der Waals surface area contributed by atoms with Crippen molar-refractivity contribution >= 4 is 27.9 Å². The molecule has 7 heteroatoms. The molecule has 0 spiro atoms. The van der Waals surface area contributed by atoms with Gasteiger partial charge in [0.15, 0.2) is 5.76 Å². The van der Waals surface area contributed by atoms with Crippen molar-refractivity contribution in [3.63, 3.8) is 0 Å². The molecule has 4 rings (SSSR count). The summed E-state index contributed by atoms with van der Waals surface area (Å²) in [7, 11) is 0. The van der Waals surface area contributed by atoms with Gasteiger partial charge in [-0.15, -0.1) is 0 Å². The fraction of sp³-hybridized carbons (Fsp3) is 0.400. The van der Waals surface area contributed by atoms with Crippen LogP contribution in [0.2, 0.25) is 0 Å². The van der Waals surface area contributed by atoms with Gasteiger partial charge in [-0.2, -0.15) is 0 Å². The number of nitrogens with zero attached hydrogens (tertiary/aromatic N) is 2. The first-order valence-corrected chi connectivity index (χ1v) is 10.00. The van der Waals surface area contributed by atoms with Gasteiger partial charge in [0.1, 0.15) is 5.76 Å². The fourth-order valence-corrected chi connectivity index (χ4v) is 4.20. The Hall–Kier alpha value is -2.28. The van der Waals surface area contributed by atoms with E-state index < -0.39 is 0 Å². The first-order chi connectivity index (χ1) is 13.0. The Morgan fingerprint density at radius 3 is 2.56 bits per heavy atom. The van der Waals surface area contributed by atoms with Gasteiger partial charge in [0.05, 0.1) is 6.04 Å². The topological polar surface area (TPSA) is 65.8 Å². The average molecular weight is 432 g/mol. The van der Waals surface area contributed by atoms with Crippen LogP contribution in [-0.4, -0.2) is 47.9 Å². The van der Waals surface area contributed by atoms with Crippen LogP contribution >= 0.6 is 15.9 Å². The number of hydrogen-bond acceptors (Lipinski definition) is 3. The summed E-state index contributed by atoms with van der Waals surface area (Å²) >= 11 is 3.50. The molecule has 1 unspecified atom stereocenters. The van der Waals surface area contributed by atoms with E-state index in [9.17, 15) is 9.59 Å². The predicted molar refractivity (Wildman–Crippen MR) is 105 cm³/mol. The highest BCUT2D eigenvalue weighted by Crippen LogP contribution is 2.33. The van der Waals surface area contributed by atoms with Gasteiger partial charge in [-0.05, 0) is 55.2 Å². The highest BCUT2D eigenvalue weighted by Gasteiger charge is 2.29. The Morgan fingerprint density at radius 2 is 1.85 bits per heavy atom. The number of furan rings is 1. The molecular weight excluding hydrogens is 410 g/mol. The molecule has 0 radical (unpaired) electrons. The first kappa shape index (κ1) is 18.1. The van der Waals surface area contributed by atoms with Crippen molar-refractivity contribution in [2.75, 3.05) is 26.2 Å². The molecule has 1 aliphatic carbocycles. The minimum absolute atomic E-state index is 0.0586. The van der Waals surface area contributed by atoms with Crippen molar-refractivity contribution in [3.8, 4) is 0 Å². The zero-order valence-electron chi connectivity index (χ0n) is 15.2. The summed E-state index contributed by atoms with van der Waals surface area (Å²) in [4.78, 5) is 28.6. The van der Waals surface area contributed by atoms with E-state index in [0.717, 1.165) is 23.1 Å². The number of fused-ring (bicyclic) bond motifs is 1. The number of hydrogen-bond donors (Lipinski definition) is 1. The Morgan fingerprint density at radius 1 is 1.11 bits per heavy atom. The number of piperazine rings is 1. The molecule has 1 aromatic carbocycles. The third-order valence-electron chi connectivity index (χ3n) is 5.29. The third-order valence-corrected chi connectivity index (χ3v) is 5.78. The Labute approximate surface area is 166 Å². The van der Waals surface area contributed by atoms with Gasteiger partial charge in [0.2, 0.25) is 0 Å². The van der Waals surface area contributed by atoms with Gasteiger partial charge in [0.25, 0.3) is 5.91 Å². The van der Waals surface area contributed by atoms with Crippen molar-refractivity contribution < 1.29 is 14.0 Å². The van der Waals surface area contributed by atoms with Crippen LogP contribution in [0, 0.1) is 6.92 Å². The van der Waals surface area contributed by atoms with Crippen LogP contribution in [0.3, 0.4) is 0 Å². The summed E-state index contributed by atoms with van der Waals surface area (Å²) in [6.45, 7) is 3.90. The lowest BCUT2D eigenvalue weighted by Gasteiger charge is -2.35. The quantitative estimate of drug-likeness (QED) is 0.790. The van der Waals surface area contributed by atoms with Crippen LogP contribution in [0.1, 0.15) is 39.9 Å². The summed E-state index contributed by atoms with van der Waals surface area (Å²) in [6, 6.07) is 9.72. The molecule has 1 fully saturated rings. The average Bonchev–Trinajstić information content (AvgIpc) is 3.27. The zero-order valence-corrected chi connectivity index (χ0v) is 16.8. The number of aryl methyl sites for hydroxylation is 2. The number of amides is 3. The number of carbonyl (C=O) groups is 2. The highest BCUT2D eigenvalue weighted by molar-refractivity contribution is 9.10. The summed E-state index contributed by atoms with van der Waals surface area (Å²) < 4.78 is 6.49. The van der Waals surface area contributed by atoms with E-state index in [1.807, 2.05) is 13.0 Å². The molecule has 2 aromatic rings. The standard InChI is InChI=1S/C20H22BrN3O3/c1-13-2-7-18(27-13)19(25)23-8-10-24(11-9-23)20(26)22-17-6-3-14-12-15(21)4-5-16(14)17/h2,4-5,7,12,17H,3,6,8-11H2,1H3,(H,22,26). The lowest BCUT2D eigenvalue weighted by atomic mass is 10.1. The summed E-state index contributed by atoms with van der Waals surface area (Å²) in [5.74, 6) is 0.970. The van der Waals surface area contributed by atoms with Gasteiger partial charge in [-0.1, -0.05) is 22.0 Å². The van der Waals surface area contributed by atoms with E-state index in [1.54, 1.807) is 21.9 Å². The van der Waals surface area contributed by atoms with Gasteiger partial charge >= 0.3 is 6.03 Å². The van der Waals surface area contributed by atoms with Gasteiger partial charge in [-0.3, -0.25) is 4.79 Å². The van der Waals surface area contributed by atoms with E-state index in [2.05, 4.69) is 33.4 Å². The Balaban J connectivity index is 1.32. The minimum Gasteiger partial charge on any atom is -0.456 e. The Bertz CT molecular complexity index is 871. The summed E-state index contributed by atoms with van der Waals surface area (Å²) in [5.41, 5.74) is 2.49. The Kier molecular flexibility index (Phi) is 4.95. The van der Waals surface area contributed by atoms with Crippen molar-refractivity contribution in [2.45, 2.75) is 25.8 Å². The van der Waals surface area contributed by atoms with Crippen LogP contribution in [0.15, 0.2) is 39.2 Å². The normalized spacial score (nSPS) is 19.1. The lowest BCUT2D eigenvalue weighted by molar-refractivity contribution is 0.0631. The smallest absolute Gasteiger partial charge is 0.318 e. The van der Waals surface area contributed by atoms with Gasteiger partial charge < -0.3 is 19.5 Å². The minimum atomic E-state index is -0.113. The van der Waals surface area contributed by atoms with Crippen LogP contribution in [-0.2, 0) is 6.42 Å². The van der Waals surface area contributed by atoms with E-state index in [1.165, 1.54) is 11.1 Å². The van der Waals surface area contributed by atoms with Crippen LogP contribution in [0.25, 0.3) is 0 Å². The molecule has 1 atom stereocenters. The highest BCUT2D eigenvalue weighted by atomic mass is 79.9. The molecule has 0 saturated carbocycles. The third kappa shape index (κ3) is 3.74. The zero-order chi connectivity index (χ0) is 19.0. The molecule has 142 valence electrons. The fourth-order valence-electron chi connectivity index (χ4n) is 3.79. The summed E-state index contributed by atoms with van der Waals surface area (Å²) in [6.07, 6.45) is 1.90. The summed E-state index contributed by atoms with van der Waals surface area (Å²) in [5, 5.41) is 3.15. The maximum absolute atomic E-state index is 12.7. The van der Waals surface area contributed by atoms with Crippen molar-refractivity contribution in [3.05, 3.63) is 57.5 Å². The van der Waals surface area contributed by atoms with Crippen LogP contribution in [0.4, 0.5) is 4.79 Å². The van der Waals surface area contributed by atoms with E-state index >= 15 is 0 Å². The number of rotatable bonds is 2. The molecule has 1 N–H and O–H groups in total. The molecule has 1 aromatic heterocycles. The predicted octanol–water partition coefficient (Wildman–Crippen LogP) is 3.51. The van der Waals surface area contributed by atoms with Gasteiger partial charge in [-0.25, -0.2) is 4.79 Å². The second-order valence-corrected chi connectivity index (χ2v) is 7.99. The van der Waals surface area contributed by atoms with Crippen molar-refractivity contribution in [1.29, 1.82) is 0 Å². The monoisotopic (exact) mass is 431 g/mol. The largest absolute Gasteiger partial charge is 0.456 e. The maximum atomic E-state index is 12.7.